The van der Waals surface area contributed by atoms with Crippen LogP contribution in [0.5, 0.6) is 0 Å². The second-order valence-electron chi connectivity index (χ2n) is 5.97. The molecule has 26 heavy (non-hydrogen) atoms. The van der Waals surface area contributed by atoms with Crippen LogP contribution in [0.4, 0.5) is 5.69 Å². The number of piperazine rings is 1. The zero-order chi connectivity index (χ0) is 19.2. The van der Waals surface area contributed by atoms with Crippen LogP contribution in [0.25, 0.3) is 0 Å². The van der Waals surface area contributed by atoms with Crippen LogP contribution in [-0.2, 0) is 15.0 Å². The van der Waals surface area contributed by atoms with Crippen LogP contribution in [0.1, 0.15) is 19.4 Å². The van der Waals surface area contributed by atoms with Crippen molar-refractivity contribution in [2.24, 2.45) is 0 Å². The molecule has 0 unspecified atom stereocenters. The van der Waals surface area contributed by atoms with E-state index in [1.54, 1.807) is 24.3 Å². The average molecular weight is 379 g/mol. The first-order chi connectivity index (χ1) is 12.4. The Labute approximate surface area is 155 Å². The summed E-state index contributed by atoms with van der Waals surface area (Å²) >= 11 is 0. The Balaban J connectivity index is 1.89. The van der Waals surface area contributed by atoms with Gasteiger partial charge in [0.05, 0.1) is 17.8 Å². The monoisotopic (exact) mass is 379 g/mol. The summed E-state index contributed by atoms with van der Waals surface area (Å²) in [4.78, 5) is 14.1. The Morgan fingerprint density at radius 3 is 2.38 bits per heavy atom. The van der Waals surface area contributed by atoms with Crippen LogP contribution < -0.4 is 5.32 Å². The molecule has 0 aliphatic carbocycles. The van der Waals surface area contributed by atoms with Crippen molar-refractivity contribution in [2.75, 3.05) is 51.1 Å². The lowest BCUT2D eigenvalue weighted by Crippen LogP contribution is -2.54. The van der Waals surface area contributed by atoms with Crippen LogP contribution in [0.2, 0.25) is 0 Å². The molecular formula is C17H25N5O3S. The number of para-hydroxylation sites is 1. The summed E-state index contributed by atoms with van der Waals surface area (Å²) in [6, 6.07) is 8.87. The maximum atomic E-state index is 12.5. The molecule has 0 radical (unpaired) electrons. The van der Waals surface area contributed by atoms with Crippen LogP contribution in [0.15, 0.2) is 24.3 Å². The fourth-order valence-corrected chi connectivity index (χ4v) is 4.52. The molecule has 1 N–H and O–H groups in total. The number of anilines is 1. The topological polar surface area (TPSA) is 96.8 Å². The van der Waals surface area contributed by atoms with Crippen LogP contribution in [0.3, 0.4) is 0 Å². The van der Waals surface area contributed by atoms with Crippen LogP contribution in [-0.4, -0.2) is 73.6 Å². The normalized spacial score (nSPS) is 16.4. The first-order valence-corrected chi connectivity index (χ1v) is 10.1. The highest BCUT2D eigenvalue weighted by Crippen LogP contribution is 2.15. The summed E-state index contributed by atoms with van der Waals surface area (Å²) in [5.74, 6) is -0.215. The fraction of sp³-hybridized carbons (Fsp3) is 0.529. The van der Waals surface area contributed by atoms with E-state index < -0.39 is 10.2 Å². The van der Waals surface area contributed by atoms with Gasteiger partial charge in [0, 0.05) is 39.3 Å². The maximum absolute atomic E-state index is 12.5. The molecule has 0 atom stereocenters. The van der Waals surface area contributed by atoms with Gasteiger partial charge in [-0.1, -0.05) is 26.0 Å². The number of benzene rings is 1. The third-order valence-corrected chi connectivity index (χ3v) is 6.56. The van der Waals surface area contributed by atoms with E-state index in [0.29, 0.717) is 50.5 Å². The van der Waals surface area contributed by atoms with Crippen LogP contribution >= 0.6 is 0 Å². The minimum absolute atomic E-state index is 0.166. The minimum atomic E-state index is -3.43. The zero-order valence-electron chi connectivity index (χ0n) is 15.2. The predicted molar refractivity (Wildman–Crippen MR) is 99.6 cm³/mol. The summed E-state index contributed by atoms with van der Waals surface area (Å²) in [6.45, 7) is 6.41. The average Bonchev–Trinajstić information content (AvgIpc) is 2.63. The third kappa shape index (κ3) is 4.80. The number of hydrogen-bond donors (Lipinski definition) is 1. The van der Waals surface area contributed by atoms with Gasteiger partial charge in [0.25, 0.3) is 10.2 Å². The number of carbonyl (C=O) groups excluding carboxylic acids is 1. The second kappa shape index (κ2) is 9.09. The molecule has 1 saturated heterocycles. The van der Waals surface area contributed by atoms with Crippen molar-refractivity contribution in [3.05, 3.63) is 29.8 Å². The van der Waals surface area contributed by atoms with Crippen molar-refractivity contribution in [3.63, 3.8) is 0 Å². The maximum Gasteiger partial charge on any atom is 0.282 e. The van der Waals surface area contributed by atoms with Crippen LogP contribution in [0, 0.1) is 11.3 Å². The second-order valence-corrected chi connectivity index (χ2v) is 7.90. The predicted octanol–water partition coefficient (Wildman–Crippen LogP) is 0.701. The molecule has 0 spiro atoms. The molecule has 1 aromatic carbocycles. The minimum Gasteiger partial charge on any atom is -0.324 e. The lowest BCUT2D eigenvalue weighted by molar-refractivity contribution is -0.117. The van der Waals surface area contributed by atoms with E-state index in [4.69, 9.17) is 5.26 Å². The van der Waals surface area contributed by atoms with Crippen molar-refractivity contribution in [1.82, 2.24) is 13.5 Å². The molecule has 1 aromatic rings. The van der Waals surface area contributed by atoms with Gasteiger partial charge in [-0.15, -0.1) is 0 Å². The first-order valence-electron chi connectivity index (χ1n) is 8.68. The van der Waals surface area contributed by atoms with E-state index in [2.05, 4.69) is 5.32 Å². The van der Waals surface area contributed by atoms with Gasteiger partial charge in [-0.05, 0) is 12.1 Å². The van der Waals surface area contributed by atoms with Crippen molar-refractivity contribution in [1.29, 1.82) is 5.26 Å². The molecule has 8 nitrogen and oxygen atoms in total. The zero-order valence-corrected chi connectivity index (χ0v) is 16.0. The number of nitrogens with zero attached hydrogens (tertiary/aromatic N) is 4. The van der Waals surface area contributed by atoms with Gasteiger partial charge in [-0.2, -0.15) is 22.3 Å². The molecule has 1 aliphatic heterocycles. The van der Waals surface area contributed by atoms with Gasteiger partial charge < -0.3 is 5.32 Å². The fourth-order valence-electron chi connectivity index (χ4n) is 2.91. The molecule has 1 heterocycles. The summed E-state index contributed by atoms with van der Waals surface area (Å²) in [7, 11) is -3.43. The van der Waals surface area contributed by atoms with E-state index in [-0.39, 0.29) is 12.5 Å². The summed E-state index contributed by atoms with van der Waals surface area (Å²) < 4.78 is 27.9. The van der Waals surface area contributed by atoms with Gasteiger partial charge in [-0.3, -0.25) is 9.69 Å². The number of carbonyl (C=O) groups is 1. The van der Waals surface area contributed by atoms with Gasteiger partial charge in [0.2, 0.25) is 5.91 Å². The number of amides is 1. The molecule has 0 bridgehead atoms. The Kier molecular flexibility index (Phi) is 7.11. The smallest absolute Gasteiger partial charge is 0.282 e. The van der Waals surface area contributed by atoms with Crippen molar-refractivity contribution < 1.29 is 13.2 Å². The number of rotatable bonds is 7. The molecule has 142 valence electrons. The molecule has 2 rings (SSSR count). The molecule has 0 aromatic heterocycles. The van der Waals surface area contributed by atoms with Crippen molar-refractivity contribution >= 4 is 21.8 Å². The number of hydrogen-bond acceptors (Lipinski definition) is 5. The van der Waals surface area contributed by atoms with Crippen molar-refractivity contribution in [3.8, 4) is 6.07 Å². The quantitative estimate of drug-likeness (QED) is 0.752. The van der Waals surface area contributed by atoms with Gasteiger partial charge in [0.1, 0.15) is 6.07 Å². The standard InChI is InChI=1S/C17H25N5O3S/c1-3-21(4-2)26(24,25)22-11-9-20(10-12-22)14-17(23)19-16-8-6-5-7-15(16)13-18/h5-8H,3-4,9-12,14H2,1-2H3,(H,19,23). The summed E-state index contributed by atoms with van der Waals surface area (Å²) in [5.41, 5.74) is 0.902. The number of nitrogens with one attached hydrogen (secondary N) is 1. The first kappa shape index (κ1) is 20.3. The van der Waals surface area contributed by atoms with E-state index >= 15 is 0 Å². The lowest BCUT2D eigenvalue weighted by Gasteiger charge is -2.35. The molecule has 1 amide bonds. The molecule has 0 saturated carbocycles. The molecule has 1 fully saturated rings. The summed E-state index contributed by atoms with van der Waals surface area (Å²) in [5, 5.41) is 11.8. The Morgan fingerprint density at radius 1 is 1.19 bits per heavy atom. The highest BCUT2D eigenvalue weighted by molar-refractivity contribution is 7.86. The lowest BCUT2D eigenvalue weighted by atomic mass is 10.2. The van der Waals surface area contributed by atoms with Gasteiger partial charge >= 0.3 is 0 Å². The third-order valence-electron chi connectivity index (χ3n) is 4.38. The SMILES string of the molecule is CCN(CC)S(=O)(=O)N1CCN(CC(=O)Nc2ccccc2C#N)CC1. The van der Waals surface area contributed by atoms with Crippen molar-refractivity contribution in [2.45, 2.75) is 13.8 Å². The van der Waals surface area contributed by atoms with Gasteiger partial charge in [0.15, 0.2) is 0 Å². The summed E-state index contributed by atoms with van der Waals surface area (Å²) in [6.07, 6.45) is 0. The van der Waals surface area contributed by atoms with E-state index in [9.17, 15) is 13.2 Å². The molecule has 9 heteroatoms. The Hall–Kier alpha value is -1.99. The van der Waals surface area contributed by atoms with E-state index in [1.807, 2.05) is 24.8 Å². The molecule has 1 aliphatic rings. The highest BCUT2D eigenvalue weighted by Gasteiger charge is 2.31. The van der Waals surface area contributed by atoms with E-state index in [1.165, 1.54) is 8.61 Å². The Bertz CT molecular complexity index is 763. The van der Waals surface area contributed by atoms with E-state index in [0.717, 1.165) is 0 Å². The highest BCUT2D eigenvalue weighted by atomic mass is 32.2. The number of nitriles is 1. The molecular weight excluding hydrogens is 354 g/mol. The van der Waals surface area contributed by atoms with Gasteiger partial charge in [-0.25, -0.2) is 0 Å². The largest absolute Gasteiger partial charge is 0.324 e. The Morgan fingerprint density at radius 2 is 1.81 bits per heavy atom.